The second kappa shape index (κ2) is 6.51. The Morgan fingerprint density at radius 2 is 1.74 bits per heavy atom. The Morgan fingerprint density at radius 3 is 2.35 bits per heavy atom. The number of para-hydroxylation sites is 1. The number of piperazine rings is 1. The molecule has 1 saturated heterocycles. The molecule has 1 aliphatic rings. The van der Waals surface area contributed by atoms with Gasteiger partial charge in [0.15, 0.2) is 5.69 Å². The molecule has 1 aliphatic heterocycles. The van der Waals surface area contributed by atoms with Gasteiger partial charge in [-0.15, -0.1) is 0 Å². The molecule has 7 heteroatoms. The van der Waals surface area contributed by atoms with Gasteiger partial charge in [-0.1, -0.05) is 23.4 Å². The van der Waals surface area contributed by atoms with Crippen LogP contribution < -0.4 is 4.74 Å². The van der Waals surface area contributed by atoms with E-state index in [0.717, 1.165) is 0 Å². The third kappa shape index (κ3) is 3.50. The van der Waals surface area contributed by atoms with Crippen molar-refractivity contribution in [2.45, 2.75) is 6.92 Å². The molecular formula is C16H17N3O4. The third-order valence-corrected chi connectivity index (χ3v) is 3.62. The largest absolute Gasteiger partial charge is 0.415 e. The highest BCUT2D eigenvalue weighted by molar-refractivity contribution is 5.92. The fourth-order valence-electron chi connectivity index (χ4n) is 2.38. The molecule has 1 aromatic heterocycles. The van der Waals surface area contributed by atoms with Crippen LogP contribution in [0.15, 0.2) is 40.9 Å². The first kappa shape index (κ1) is 15.1. The SMILES string of the molecule is Cc1cc(C(=O)N2CCN(C(=O)Oc3ccccc3)CC2)no1. The number of hydrogen-bond acceptors (Lipinski definition) is 5. The van der Waals surface area contributed by atoms with Crippen LogP contribution in [0.3, 0.4) is 0 Å². The van der Waals surface area contributed by atoms with Gasteiger partial charge in [-0.2, -0.15) is 0 Å². The number of nitrogens with zero attached hydrogens (tertiary/aromatic N) is 3. The van der Waals surface area contributed by atoms with Crippen LogP contribution in [0.25, 0.3) is 0 Å². The van der Waals surface area contributed by atoms with Crippen molar-refractivity contribution in [3.05, 3.63) is 47.9 Å². The molecule has 0 spiro atoms. The molecule has 1 fully saturated rings. The van der Waals surface area contributed by atoms with Gasteiger partial charge in [-0.05, 0) is 19.1 Å². The minimum absolute atomic E-state index is 0.182. The van der Waals surface area contributed by atoms with Crippen LogP contribution in [0.4, 0.5) is 4.79 Å². The molecule has 0 aliphatic carbocycles. The monoisotopic (exact) mass is 315 g/mol. The Kier molecular flexibility index (Phi) is 4.27. The van der Waals surface area contributed by atoms with E-state index in [2.05, 4.69) is 5.16 Å². The Morgan fingerprint density at radius 1 is 1.09 bits per heavy atom. The maximum atomic E-state index is 12.2. The van der Waals surface area contributed by atoms with Gasteiger partial charge in [0.2, 0.25) is 0 Å². The van der Waals surface area contributed by atoms with E-state index in [-0.39, 0.29) is 5.91 Å². The second-order valence-corrected chi connectivity index (χ2v) is 5.28. The summed E-state index contributed by atoms with van der Waals surface area (Å²) in [5, 5.41) is 3.73. The number of amides is 2. The molecule has 2 aromatic rings. The van der Waals surface area contributed by atoms with Crippen molar-refractivity contribution >= 4 is 12.0 Å². The normalized spacial score (nSPS) is 14.7. The van der Waals surface area contributed by atoms with Gasteiger partial charge in [0.25, 0.3) is 5.91 Å². The molecular weight excluding hydrogens is 298 g/mol. The lowest BCUT2D eigenvalue weighted by Crippen LogP contribution is -2.51. The quantitative estimate of drug-likeness (QED) is 0.846. The first-order valence-corrected chi connectivity index (χ1v) is 7.38. The molecule has 0 saturated carbocycles. The Bertz CT molecular complexity index is 690. The van der Waals surface area contributed by atoms with Gasteiger partial charge in [-0.25, -0.2) is 4.79 Å². The molecule has 0 atom stereocenters. The molecule has 3 rings (SSSR count). The van der Waals surface area contributed by atoms with Crippen LogP contribution >= 0.6 is 0 Å². The summed E-state index contributed by atoms with van der Waals surface area (Å²) in [5.74, 6) is 0.922. The van der Waals surface area contributed by atoms with Crippen molar-refractivity contribution < 1.29 is 18.8 Å². The van der Waals surface area contributed by atoms with Gasteiger partial charge in [-0.3, -0.25) is 4.79 Å². The lowest BCUT2D eigenvalue weighted by Gasteiger charge is -2.33. The van der Waals surface area contributed by atoms with E-state index in [9.17, 15) is 9.59 Å². The van der Waals surface area contributed by atoms with Crippen LogP contribution in [0.5, 0.6) is 5.75 Å². The molecule has 0 radical (unpaired) electrons. The number of ether oxygens (including phenoxy) is 1. The fraction of sp³-hybridized carbons (Fsp3) is 0.312. The smallest absolute Gasteiger partial charge is 0.410 e. The summed E-state index contributed by atoms with van der Waals surface area (Å²) in [4.78, 5) is 27.6. The average molecular weight is 315 g/mol. The van der Waals surface area contributed by atoms with Crippen LogP contribution in [-0.4, -0.2) is 53.1 Å². The highest BCUT2D eigenvalue weighted by Crippen LogP contribution is 2.13. The third-order valence-electron chi connectivity index (χ3n) is 3.62. The van der Waals surface area contributed by atoms with E-state index < -0.39 is 6.09 Å². The zero-order valence-electron chi connectivity index (χ0n) is 12.8. The molecule has 7 nitrogen and oxygen atoms in total. The molecule has 1 aromatic carbocycles. The van der Waals surface area contributed by atoms with E-state index in [4.69, 9.17) is 9.26 Å². The van der Waals surface area contributed by atoms with Gasteiger partial charge in [0, 0.05) is 32.2 Å². The number of aromatic nitrogens is 1. The van der Waals surface area contributed by atoms with Crippen molar-refractivity contribution in [1.82, 2.24) is 15.0 Å². The summed E-state index contributed by atoms with van der Waals surface area (Å²) in [6.45, 7) is 3.47. The Hall–Kier alpha value is -2.83. The van der Waals surface area contributed by atoms with Crippen molar-refractivity contribution in [3.8, 4) is 5.75 Å². The predicted octanol–water partition coefficient (Wildman–Crippen LogP) is 1.94. The molecule has 0 bridgehead atoms. The maximum absolute atomic E-state index is 12.2. The zero-order chi connectivity index (χ0) is 16.2. The van der Waals surface area contributed by atoms with Crippen LogP contribution in [0, 0.1) is 6.92 Å². The van der Waals surface area contributed by atoms with E-state index in [1.54, 1.807) is 47.1 Å². The summed E-state index contributed by atoms with van der Waals surface area (Å²) < 4.78 is 10.2. The molecule has 2 heterocycles. The first-order chi connectivity index (χ1) is 11.1. The van der Waals surface area contributed by atoms with E-state index in [1.165, 1.54) is 0 Å². The van der Waals surface area contributed by atoms with Crippen molar-refractivity contribution in [1.29, 1.82) is 0 Å². The lowest BCUT2D eigenvalue weighted by molar-refractivity contribution is 0.0624. The maximum Gasteiger partial charge on any atom is 0.415 e. The highest BCUT2D eigenvalue weighted by Gasteiger charge is 2.27. The van der Waals surface area contributed by atoms with E-state index in [0.29, 0.717) is 43.4 Å². The van der Waals surface area contributed by atoms with Gasteiger partial charge < -0.3 is 19.1 Å². The number of carbonyl (C=O) groups excluding carboxylic acids is 2. The molecule has 0 N–H and O–H groups in total. The van der Waals surface area contributed by atoms with Gasteiger partial charge in [0.05, 0.1) is 0 Å². The number of hydrogen-bond donors (Lipinski definition) is 0. The van der Waals surface area contributed by atoms with Crippen molar-refractivity contribution in [3.63, 3.8) is 0 Å². The van der Waals surface area contributed by atoms with Crippen LogP contribution in [-0.2, 0) is 0 Å². The molecule has 23 heavy (non-hydrogen) atoms. The standard InChI is InChI=1S/C16H17N3O4/c1-12-11-14(17-23-12)15(20)18-7-9-19(10-8-18)16(21)22-13-5-3-2-4-6-13/h2-6,11H,7-10H2,1H3. The van der Waals surface area contributed by atoms with Crippen LogP contribution in [0.2, 0.25) is 0 Å². The topological polar surface area (TPSA) is 75.9 Å². The highest BCUT2D eigenvalue weighted by atomic mass is 16.6. The van der Waals surface area contributed by atoms with E-state index >= 15 is 0 Å². The average Bonchev–Trinajstić information content (AvgIpc) is 3.02. The molecule has 0 unspecified atom stereocenters. The second-order valence-electron chi connectivity index (χ2n) is 5.28. The molecule has 2 amide bonds. The fourth-order valence-corrected chi connectivity index (χ4v) is 2.38. The predicted molar refractivity (Wildman–Crippen MR) is 81.2 cm³/mol. The van der Waals surface area contributed by atoms with Crippen molar-refractivity contribution in [2.75, 3.05) is 26.2 Å². The van der Waals surface area contributed by atoms with E-state index in [1.807, 2.05) is 6.07 Å². The van der Waals surface area contributed by atoms with Gasteiger partial charge in [0.1, 0.15) is 11.5 Å². The first-order valence-electron chi connectivity index (χ1n) is 7.38. The number of rotatable bonds is 2. The summed E-state index contributed by atoms with van der Waals surface area (Å²) in [6.07, 6.45) is -0.402. The van der Waals surface area contributed by atoms with Gasteiger partial charge >= 0.3 is 6.09 Å². The summed E-state index contributed by atoms with van der Waals surface area (Å²) in [6, 6.07) is 10.5. The zero-order valence-corrected chi connectivity index (χ0v) is 12.8. The lowest BCUT2D eigenvalue weighted by atomic mass is 10.2. The van der Waals surface area contributed by atoms with Crippen molar-refractivity contribution in [2.24, 2.45) is 0 Å². The summed E-state index contributed by atoms with van der Waals surface area (Å²) >= 11 is 0. The summed E-state index contributed by atoms with van der Waals surface area (Å²) in [5.41, 5.74) is 0.294. The number of aryl methyl sites for hydroxylation is 1. The Balaban J connectivity index is 1.54. The number of benzene rings is 1. The van der Waals surface area contributed by atoms with Crippen LogP contribution in [0.1, 0.15) is 16.2 Å². The molecule has 120 valence electrons. The number of carbonyl (C=O) groups is 2. The minimum atomic E-state index is -0.402. The Labute approximate surface area is 133 Å². The summed E-state index contributed by atoms with van der Waals surface area (Å²) in [7, 11) is 0. The minimum Gasteiger partial charge on any atom is -0.410 e.